The summed E-state index contributed by atoms with van der Waals surface area (Å²) in [6.45, 7) is 5.58. The first-order valence-corrected chi connectivity index (χ1v) is 6.81. The fraction of sp³-hybridized carbons (Fsp3) is 0.429. The molecule has 0 aliphatic carbocycles. The molecule has 0 heterocycles. The number of esters is 1. The summed E-state index contributed by atoms with van der Waals surface area (Å²) in [4.78, 5) is 23.8. The monoisotopic (exact) mass is 327 g/mol. The Morgan fingerprint density at radius 3 is 2.42 bits per heavy atom. The van der Waals surface area contributed by atoms with Crippen molar-refractivity contribution in [3.05, 3.63) is 28.2 Å². The molecule has 1 amide bonds. The minimum absolute atomic E-state index is 0.128. The number of amides is 1. The molecule has 1 rings (SSSR count). The van der Waals surface area contributed by atoms with Crippen LogP contribution in [0.15, 0.2) is 22.7 Å². The molecule has 0 aromatic heterocycles. The Kier molecular flexibility index (Phi) is 5.54. The Hall–Kier alpha value is -1.36. The molecule has 0 aliphatic rings. The van der Waals surface area contributed by atoms with Gasteiger partial charge in [0.15, 0.2) is 0 Å². The van der Waals surface area contributed by atoms with E-state index in [2.05, 4.69) is 26.0 Å². The first-order chi connectivity index (χ1) is 8.86. The van der Waals surface area contributed by atoms with Gasteiger partial charge in [-0.25, -0.2) is 0 Å². The van der Waals surface area contributed by atoms with Crippen LogP contribution < -0.4 is 5.32 Å². The molecule has 0 saturated heterocycles. The van der Waals surface area contributed by atoms with Gasteiger partial charge in [0.1, 0.15) is 5.92 Å². The fourth-order valence-electron chi connectivity index (χ4n) is 1.74. The minimum atomic E-state index is -0.807. The van der Waals surface area contributed by atoms with Gasteiger partial charge in [-0.2, -0.15) is 0 Å². The number of methoxy groups -OCH3 is 1. The highest BCUT2D eigenvalue weighted by Gasteiger charge is 2.31. The second-order valence-electron chi connectivity index (χ2n) is 4.72. The fourth-order valence-corrected chi connectivity index (χ4v) is 2.33. The number of ether oxygens (including phenoxy) is 1. The van der Waals surface area contributed by atoms with Crippen molar-refractivity contribution in [1.82, 2.24) is 0 Å². The van der Waals surface area contributed by atoms with E-state index in [0.29, 0.717) is 5.69 Å². The standard InChI is InChI=1S/C14H18BrNO3/c1-8(2)12(14(18)19-4)13(17)16-11-6-5-9(3)7-10(11)15/h5-8,12H,1-4H3,(H,16,17). The molecule has 5 heteroatoms. The Bertz CT molecular complexity index is 486. The third kappa shape index (κ3) is 4.06. The Morgan fingerprint density at radius 2 is 1.95 bits per heavy atom. The lowest BCUT2D eigenvalue weighted by molar-refractivity contribution is -0.150. The molecule has 0 spiro atoms. The quantitative estimate of drug-likeness (QED) is 0.682. The molecule has 4 nitrogen and oxygen atoms in total. The van der Waals surface area contributed by atoms with E-state index in [1.54, 1.807) is 6.07 Å². The number of aryl methyl sites for hydroxylation is 1. The number of anilines is 1. The van der Waals surface area contributed by atoms with E-state index in [9.17, 15) is 9.59 Å². The Balaban J connectivity index is 2.90. The van der Waals surface area contributed by atoms with Crippen LogP contribution >= 0.6 is 15.9 Å². The number of hydrogen-bond donors (Lipinski definition) is 1. The van der Waals surface area contributed by atoms with Gasteiger partial charge in [-0.3, -0.25) is 9.59 Å². The topological polar surface area (TPSA) is 55.4 Å². The van der Waals surface area contributed by atoms with Gasteiger partial charge in [0.05, 0.1) is 12.8 Å². The zero-order chi connectivity index (χ0) is 14.6. The highest BCUT2D eigenvalue weighted by atomic mass is 79.9. The maximum absolute atomic E-state index is 12.2. The van der Waals surface area contributed by atoms with E-state index >= 15 is 0 Å². The Labute approximate surface area is 121 Å². The Morgan fingerprint density at radius 1 is 1.32 bits per heavy atom. The van der Waals surface area contributed by atoms with Crippen molar-refractivity contribution in [1.29, 1.82) is 0 Å². The van der Waals surface area contributed by atoms with Crippen LogP contribution in [0.2, 0.25) is 0 Å². The van der Waals surface area contributed by atoms with Gasteiger partial charge in [0.2, 0.25) is 5.91 Å². The van der Waals surface area contributed by atoms with Crippen molar-refractivity contribution < 1.29 is 14.3 Å². The van der Waals surface area contributed by atoms with Crippen LogP contribution in [-0.2, 0) is 14.3 Å². The lowest BCUT2D eigenvalue weighted by Crippen LogP contribution is -2.34. The highest BCUT2D eigenvalue weighted by molar-refractivity contribution is 9.10. The number of benzene rings is 1. The lowest BCUT2D eigenvalue weighted by atomic mass is 9.95. The van der Waals surface area contributed by atoms with Gasteiger partial charge in [0, 0.05) is 4.47 Å². The van der Waals surface area contributed by atoms with Crippen LogP contribution in [0.1, 0.15) is 19.4 Å². The average Bonchev–Trinajstić information content (AvgIpc) is 2.32. The van der Waals surface area contributed by atoms with E-state index in [1.165, 1.54) is 7.11 Å². The molecule has 104 valence electrons. The molecule has 0 saturated carbocycles. The maximum Gasteiger partial charge on any atom is 0.318 e. The number of nitrogens with one attached hydrogen (secondary N) is 1. The summed E-state index contributed by atoms with van der Waals surface area (Å²) in [5.41, 5.74) is 1.73. The van der Waals surface area contributed by atoms with Crippen LogP contribution in [0.25, 0.3) is 0 Å². The molecule has 1 aromatic carbocycles. The van der Waals surface area contributed by atoms with Gasteiger partial charge in [-0.05, 0) is 46.5 Å². The molecule has 1 aromatic rings. The zero-order valence-corrected chi connectivity index (χ0v) is 13.1. The normalized spacial score (nSPS) is 12.1. The molecule has 0 fully saturated rings. The molecular weight excluding hydrogens is 310 g/mol. The number of rotatable bonds is 4. The van der Waals surface area contributed by atoms with Gasteiger partial charge < -0.3 is 10.1 Å². The number of carbonyl (C=O) groups excluding carboxylic acids is 2. The summed E-state index contributed by atoms with van der Waals surface area (Å²) in [6, 6.07) is 5.59. The third-order valence-corrected chi connectivity index (χ3v) is 3.44. The van der Waals surface area contributed by atoms with E-state index in [-0.39, 0.29) is 11.8 Å². The van der Waals surface area contributed by atoms with Crippen LogP contribution in [0.4, 0.5) is 5.69 Å². The summed E-state index contributed by atoms with van der Waals surface area (Å²) in [7, 11) is 1.28. The highest BCUT2D eigenvalue weighted by Crippen LogP contribution is 2.25. The summed E-state index contributed by atoms with van der Waals surface area (Å²) < 4.78 is 5.46. The van der Waals surface area contributed by atoms with E-state index in [4.69, 9.17) is 0 Å². The van der Waals surface area contributed by atoms with E-state index in [1.807, 2.05) is 32.9 Å². The molecule has 1 unspecified atom stereocenters. The SMILES string of the molecule is COC(=O)C(C(=O)Nc1ccc(C)cc1Br)C(C)C. The smallest absolute Gasteiger partial charge is 0.318 e. The number of halogens is 1. The zero-order valence-electron chi connectivity index (χ0n) is 11.5. The molecule has 1 N–H and O–H groups in total. The van der Waals surface area contributed by atoms with Gasteiger partial charge in [-0.15, -0.1) is 0 Å². The second kappa shape index (κ2) is 6.70. The van der Waals surface area contributed by atoms with Crippen molar-refractivity contribution in [2.24, 2.45) is 11.8 Å². The third-order valence-electron chi connectivity index (χ3n) is 2.79. The summed E-state index contributed by atoms with van der Waals surface area (Å²) in [6.07, 6.45) is 0. The summed E-state index contributed by atoms with van der Waals surface area (Å²) in [5.74, 6) is -1.81. The van der Waals surface area contributed by atoms with Crippen LogP contribution in [0.3, 0.4) is 0 Å². The minimum Gasteiger partial charge on any atom is -0.468 e. The number of hydrogen-bond acceptors (Lipinski definition) is 3. The lowest BCUT2D eigenvalue weighted by Gasteiger charge is -2.18. The first kappa shape index (κ1) is 15.7. The summed E-state index contributed by atoms with van der Waals surface area (Å²) >= 11 is 3.38. The van der Waals surface area contributed by atoms with Gasteiger partial charge >= 0.3 is 5.97 Å². The molecule has 1 atom stereocenters. The van der Waals surface area contributed by atoms with Crippen LogP contribution in [0.5, 0.6) is 0 Å². The predicted molar refractivity (Wildman–Crippen MR) is 77.9 cm³/mol. The second-order valence-corrected chi connectivity index (χ2v) is 5.57. The average molecular weight is 328 g/mol. The van der Waals surface area contributed by atoms with Crippen LogP contribution in [0, 0.1) is 18.8 Å². The first-order valence-electron chi connectivity index (χ1n) is 6.01. The molecule has 0 aliphatic heterocycles. The molecule has 19 heavy (non-hydrogen) atoms. The van der Waals surface area contributed by atoms with Crippen molar-refractivity contribution >= 4 is 33.5 Å². The van der Waals surface area contributed by atoms with E-state index in [0.717, 1.165) is 10.0 Å². The molecular formula is C14H18BrNO3. The van der Waals surface area contributed by atoms with Gasteiger partial charge in [0.25, 0.3) is 0 Å². The largest absolute Gasteiger partial charge is 0.468 e. The maximum atomic E-state index is 12.2. The van der Waals surface area contributed by atoms with Crippen molar-refractivity contribution in [3.63, 3.8) is 0 Å². The molecule has 0 bridgehead atoms. The van der Waals surface area contributed by atoms with Crippen LogP contribution in [-0.4, -0.2) is 19.0 Å². The van der Waals surface area contributed by atoms with Gasteiger partial charge in [-0.1, -0.05) is 19.9 Å². The van der Waals surface area contributed by atoms with Crippen molar-refractivity contribution in [2.45, 2.75) is 20.8 Å². The predicted octanol–water partition coefficient (Wildman–Crippen LogP) is 3.14. The number of carbonyl (C=O) groups is 2. The van der Waals surface area contributed by atoms with Crippen molar-refractivity contribution in [3.8, 4) is 0 Å². The van der Waals surface area contributed by atoms with E-state index < -0.39 is 11.9 Å². The summed E-state index contributed by atoms with van der Waals surface area (Å²) in [5, 5.41) is 2.75. The van der Waals surface area contributed by atoms with Crippen molar-refractivity contribution in [2.75, 3.05) is 12.4 Å². The molecule has 0 radical (unpaired) electrons.